The minimum atomic E-state index is -0.525. The molecule has 2 rings (SSSR count). The van der Waals surface area contributed by atoms with Crippen LogP contribution in [-0.2, 0) is 4.79 Å². The first-order chi connectivity index (χ1) is 10.6. The lowest BCUT2D eigenvalue weighted by Gasteiger charge is -2.28. The van der Waals surface area contributed by atoms with Gasteiger partial charge in [0.25, 0.3) is 11.8 Å². The van der Waals surface area contributed by atoms with Crippen molar-refractivity contribution in [2.24, 2.45) is 5.73 Å². The molecule has 1 unspecified atom stereocenters. The summed E-state index contributed by atoms with van der Waals surface area (Å²) in [4.78, 5) is 25.3. The van der Waals surface area contributed by atoms with Gasteiger partial charge in [0.15, 0.2) is 6.61 Å². The van der Waals surface area contributed by atoms with E-state index in [0.29, 0.717) is 11.3 Å². The Hall–Kier alpha value is -2.08. The fourth-order valence-corrected chi connectivity index (χ4v) is 2.61. The summed E-state index contributed by atoms with van der Waals surface area (Å²) in [7, 11) is 0. The van der Waals surface area contributed by atoms with Crippen molar-refractivity contribution in [3.63, 3.8) is 0 Å². The van der Waals surface area contributed by atoms with Crippen LogP contribution in [0.25, 0.3) is 0 Å². The summed E-state index contributed by atoms with van der Waals surface area (Å²) in [5.41, 5.74) is 5.66. The van der Waals surface area contributed by atoms with Gasteiger partial charge in [0.05, 0.1) is 0 Å². The second kappa shape index (κ2) is 7.79. The van der Waals surface area contributed by atoms with Crippen molar-refractivity contribution in [3.05, 3.63) is 29.8 Å². The molecule has 1 atom stereocenters. The molecular weight excluding hydrogens is 282 g/mol. The normalized spacial score (nSPS) is 17.2. The molecule has 6 nitrogen and oxygen atoms in total. The predicted octanol–water partition coefficient (Wildman–Crippen LogP) is 0.765. The van der Waals surface area contributed by atoms with Crippen molar-refractivity contribution in [1.29, 1.82) is 0 Å². The maximum absolute atomic E-state index is 12.7. The second-order valence-electron chi connectivity index (χ2n) is 5.42. The molecule has 22 heavy (non-hydrogen) atoms. The molecule has 0 spiro atoms. The number of primary amides is 1. The van der Waals surface area contributed by atoms with E-state index in [-0.39, 0.29) is 18.6 Å². The molecule has 1 aliphatic rings. The van der Waals surface area contributed by atoms with E-state index in [1.165, 1.54) is 0 Å². The first kappa shape index (κ1) is 16.3. The first-order valence-corrected chi connectivity index (χ1v) is 7.64. The van der Waals surface area contributed by atoms with E-state index in [1.807, 2.05) is 4.90 Å². The van der Waals surface area contributed by atoms with E-state index < -0.39 is 5.91 Å². The number of benzene rings is 1. The Bertz CT molecular complexity index is 510. The highest BCUT2D eigenvalue weighted by atomic mass is 16.5. The highest BCUT2D eigenvalue weighted by molar-refractivity contribution is 5.94. The maximum atomic E-state index is 12.7. The molecule has 2 amide bonds. The number of carbonyl (C=O) groups excluding carboxylic acids is 2. The molecule has 0 saturated carbocycles. The number of nitrogens with two attached hydrogens (primary N) is 1. The number of ether oxygens (including phenoxy) is 1. The number of nitrogens with zero attached hydrogens (tertiary/aromatic N) is 1. The molecule has 0 aromatic heterocycles. The summed E-state index contributed by atoms with van der Waals surface area (Å²) in [6.07, 6.45) is 1.92. The Morgan fingerprint density at radius 1 is 1.36 bits per heavy atom. The molecule has 0 aliphatic carbocycles. The zero-order valence-corrected chi connectivity index (χ0v) is 12.9. The maximum Gasteiger partial charge on any atom is 0.255 e. The lowest BCUT2D eigenvalue weighted by Crippen LogP contribution is -2.42. The smallest absolute Gasteiger partial charge is 0.255 e. The molecule has 1 aliphatic heterocycles. The number of nitrogens with one attached hydrogen (secondary N) is 1. The van der Waals surface area contributed by atoms with Crippen LogP contribution in [0, 0.1) is 0 Å². The first-order valence-electron chi connectivity index (χ1n) is 7.64. The van der Waals surface area contributed by atoms with Gasteiger partial charge in [-0.2, -0.15) is 0 Å². The van der Waals surface area contributed by atoms with E-state index in [0.717, 1.165) is 32.5 Å². The van der Waals surface area contributed by atoms with Crippen LogP contribution in [0.5, 0.6) is 5.75 Å². The van der Waals surface area contributed by atoms with Crippen LogP contribution < -0.4 is 15.8 Å². The highest BCUT2D eigenvalue weighted by Crippen LogP contribution is 2.17. The summed E-state index contributed by atoms with van der Waals surface area (Å²) >= 11 is 0. The number of amides is 2. The van der Waals surface area contributed by atoms with E-state index in [9.17, 15) is 9.59 Å². The van der Waals surface area contributed by atoms with Crippen LogP contribution in [0.1, 0.15) is 30.1 Å². The van der Waals surface area contributed by atoms with Gasteiger partial charge in [-0.1, -0.05) is 6.92 Å². The van der Waals surface area contributed by atoms with Crippen LogP contribution in [0.3, 0.4) is 0 Å². The second-order valence-corrected chi connectivity index (χ2v) is 5.42. The van der Waals surface area contributed by atoms with Gasteiger partial charge in [0.1, 0.15) is 5.75 Å². The largest absolute Gasteiger partial charge is 0.484 e. The standard InChI is InChI=1S/C16H23N3O3/c1-2-9-19(13-7-8-18-10-13)16(21)12-3-5-14(6-4-12)22-11-15(17)20/h3-6,13,18H,2,7-11H2,1H3,(H2,17,20). The predicted molar refractivity (Wildman–Crippen MR) is 83.7 cm³/mol. The molecule has 1 saturated heterocycles. The highest BCUT2D eigenvalue weighted by Gasteiger charge is 2.26. The summed E-state index contributed by atoms with van der Waals surface area (Å²) in [6.45, 7) is 4.47. The molecule has 3 N–H and O–H groups in total. The Morgan fingerprint density at radius 3 is 2.64 bits per heavy atom. The van der Waals surface area contributed by atoms with Gasteiger partial charge < -0.3 is 20.7 Å². The third kappa shape index (κ3) is 4.21. The zero-order valence-electron chi connectivity index (χ0n) is 12.9. The summed E-state index contributed by atoms with van der Waals surface area (Å²) < 4.78 is 5.20. The minimum Gasteiger partial charge on any atom is -0.484 e. The summed E-state index contributed by atoms with van der Waals surface area (Å²) in [6, 6.07) is 7.09. The van der Waals surface area contributed by atoms with Gasteiger partial charge >= 0.3 is 0 Å². The monoisotopic (exact) mass is 305 g/mol. The number of rotatable bonds is 7. The van der Waals surface area contributed by atoms with E-state index in [1.54, 1.807) is 24.3 Å². The fraction of sp³-hybridized carbons (Fsp3) is 0.500. The zero-order chi connectivity index (χ0) is 15.9. The average molecular weight is 305 g/mol. The Balaban J connectivity index is 2.04. The van der Waals surface area contributed by atoms with E-state index >= 15 is 0 Å². The van der Waals surface area contributed by atoms with E-state index in [2.05, 4.69) is 12.2 Å². The van der Waals surface area contributed by atoms with Gasteiger partial charge in [-0.3, -0.25) is 9.59 Å². The van der Waals surface area contributed by atoms with Gasteiger partial charge in [-0.25, -0.2) is 0 Å². The van der Waals surface area contributed by atoms with Gasteiger partial charge in [-0.05, 0) is 43.7 Å². The van der Waals surface area contributed by atoms with Crippen LogP contribution in [0.4, 0.5) is 0 Å². The number of hydrogen-bond donors (Lipinski definition) is 2. The van der Waals surface area contributed by atoms with E-state index in [4.69, 9.17) is 10.5 Å². The topological polar surface area (TPSA) is 84.7 Å². The van der Waals surface area contributed by atoms with Crippen molar-refractivity contribution < 1.29 is 14.3 Å². The van der Waals surface area contributed by atoms with Crippen LogP contribution in [0.15, 0.2) is 24.3 Å². The molecule has 0 bridgehead atoms. The molecule has 6 heteroatoms. The fourth-order valence-electron chi connectivity index (χ4n) is 2.61. The van der Waals surface area contributed by atoms with Crippen LogP contribution >= 0.6 is 0 Å². The van der Waals surface area contributed by atoms with Crippen molar-refractivity contribution in [3.8, 4) is 5.75 Å². The summed E-state index contributed by atoms with van der Waals surface area (Å²) in [5, 5.41) is 3.30. The molecule has 0 radical (unpaired) electrons. The van der Waals surface area contributed by atoms with Gasteiger partial charge in [-0.15, -0.1) is 0 Å². The molecule has 1 aromatic carbocycles. The summed E-state index contributed by atoms with van der Waals surface area (Å²) in [5.74, 6) is 0.0416. The third-order valence-electron chi connectivity index (χ3n) is 3.68. The molecular formula is C16H23N3O3. The van der Waals surface area contributed by atoms with Crippen molar-refractivity contribution in [2.45, 2.75) is 25.8 Å². The van der Waals surface area contributed by atoms with Crippen molar-refractivity contribution >= 4 is 11.8 Å². The van der Waals surface area contributed by atoms with Crippen LogP contribution in [-0.4, -0.2) is 49.0 Å². The average Bonchev–Trinajstić information content (AvgIpc) is 3.04. The quantitative estimate of drug-likeness (QED) is 0.779. The molecule has 1 heterocycles. The number of carbonyl (C=O) groups is 2. The lowest BCUT2D eigenvalue weighted by atomic mass is 10.1. The van der Waals surface area contributed by atoms with Gasteiger partial charge in [0.2, 0.25) is 0 Å². The minimum absolute atomic E-state index is 0.0389. The molecule has 1 fully saturated rings. The van der Waals surface area contributed by atoms with Gasteiger partial charge in [0, 0.05) is 24.7 Å². The molecule has 1 aromatic rings. The van der Waals surface area contributed by atoms with Crippen molar-refractivity contribution in [2.75, 3.05) is 26.2 Å². The Labute approximate surface area is 130 Å². The third-order valence-corrected chi connectivity index (χ3v) is 3.68. The van der Waals surface area contributed by atoms with Crippen LogP contribution in [0.2, 0.25) is 0 Å². The number of hydrogen-bond acceptors (Lipinski definition) is 4. The Kier molecular flexibility index (Phi) is 5.77. The lowest BCUT2D eigenvalue weighted by molar-refractivity contribution is -0.119. The van der Waals surface area contributed by atoms with Crippen molar-refractivity contribution in [1.82, 2.24) is 10.2 Å². The SMILES string of the molecule is CCCN(C(=O)c1ccc(OCC(N)=O)cc1)C1CCNC1. The molecule has 120 valence electrons. The Morgan fingerprint density at radius 2 is 2.09 bits per heavy atom.